The van der Waals surface area contributed by atoms with Crippen molar-refractivity contribution >= 4 is 22.6 Å². The molecule has 0 aromatic carbocycles. The first-order valence-corrected chi connectivity index (χ1v) is 6.51. The molecule has 16 heavy (non-hydrogen) atoms. The molecule has 0 aliphatic heterocycles. The summed E-state index contributed by atoms with van der Waals surface area (Å²) >= 11 is 2.37. The van der Waals surface area contributed by atoms with Crippen LogP contribution in [0.4, 0.5) is 0 Å². The fourth-order valence-corrected chi connectivity index (χ4v) is 2.79. The zero-order valence-electron chi connectivity index (χ0n) is 9.00. The summed E-state index contributed by atoms with van der Waals surface area (Å²) in [5, 5.41) is 7.55. The topological polar surface area (TPSA) is 41.6 Å². The number of pyridine rings is 1. The number of aromatic nitrogens is 3. The van der Waals surface area contributed by atoms with Crippen LogP contribution in [-0.4, -0.2) is 15.2 Å². The van der Waals surface area contributed by atoms with E-state index in [1.807, 2.05) is 25.1 Å². The van der Waals surface area contributed by atoms with Gasteiger partial charge in [-0.15, -0.1) is 0 Å². The second-order valence-corrected chi connectivity index (χ2v) is 5.32. The van der Waals surface area contributed by atoms with E-state index in [4.69, 9.17) is 0 Å². The Hall–Kier alpha value is -0.910. The molecule has 0 unspecified atom stereocenters. The number of H-pyrrole nitrogens is 1. The van der Waals surface area contributed by atoms with Crippen LogP contribution in [0.5, 0.6) is 0 Å². The van der Waals surface area contributed by atoms with E-state index in [0.717, 1.165) is 17.1 Å². The maximum Gasteiger partial charge on any atom is 0.124 e. The summed E-state index contributed by atoms with van der Waals surface area (Å²) < 4.78 is 1.23. The van der Waals surface area contributed by atoms with Crippen LogP contribution in [0.3, 0.4) is 0 Å². The first-order chi connectivity index (χ1) is 7.75. The van der Waals surface area contributed by atoms with Gasteiger partial charge in [0.1, 0.15) is 5.69 Å². The molecule has 0 amide bonds. The molecule has 1 N–H and O–H groups in total. The fraction of sp³-hybridized carbons (Fsp3) is 0.333. The van der Waals surface area contributed by atoms with Crippen LogP contribution in [0.2, 0.25) is 0 Å². The third-order valence-corrected chi connectivity index (χ3v) is 3.94. The minimum absolute atomic E-state index is 0.706. The van der Waals surface area contributed by atoms with Crippen LogP contribution >= 0.6 is 22.6 Å². The first-order valence-electron chi connectivity index (χ1n) is 5.43. The summed E-state index contributed by atoms with van der Waals surface area (Å²) in [6, 6.07) is 6.05. The van der Waals surface area contributed by atoms with Gasteiger partial charge < -0.3 is 0 Å². The van der Waals surface area contributed by atoms with Crippen LogP contribution in [0.15, 0.2) is 18.2 Å². The zero-order valence-corrected chi connectivity index (χ0v) is 11.2. The van der Waals surface area contributed by atoms with Crippen molar-refractivity contribution in [1.82, 2.24) is 15.2 Å². The van der Waals surface area contributed by atoms with Gasteiger partial charge >= 0.3 is 0 Å². The summed E-state index contributed by atoms with van der Waals surface area (Å²) in [6.07, 6.45) is 2.58. The lowest BCUT2D eigenvalue weighted by atomic mass is 10.2. The molecular formula is C12H12IN3. The Bertz CT molecular complexity index is 529. The van der Waals surface area contributed by atoms with Crippen molar-refractivity contribution in [3.8, 4) is 11.4 Å². The van der Waals surface area contributed by atoms with Gasteiger partial charge in [-0.2, -0.15) is 5.10 Å². The second-order valence-electron chi connectivity index (χ2n) is 4.24. The molecule has 0 bridgehead atoms. The van der Waals surface area contributed by atoms with Crippen molar-refractivity contribution < 1.29 is 0 Å². The average Bonchev–Trinajstić information content (AvgIpc) is 3.03. The highest BCUT2D eigenvalue weighted by Crippen LogP contribution is 2.42. The van der Waals surface area contributed by atoms with Crippen molar-refractivity contribution in [1.29, 1.82) is 0 Å². The number of hydrogen-bond donors (Lipinski definition) is 1. The van der Waals surface area contributed by atoms with E-state index in [2.05, 4.69) is 37.8 Å². The normalized spacial score (nSPS) is 15.4. The molecule has 3 rings (SSSR count). The summed E-state index contributed by atoms with van der Waals surface area (Å²) in [4.78, 5) is 4.51. The van der Waals surface area contributed by atoms with E-state index in [-0.39, 0.29) is 0 Å². The second kappa shape index (κ2) is 3.84. The Morgan fingerprint density at radius 3 is 2.88 bits per heavy atom. The van der Waals surface area contributed by atoms with Crippen molar-refractivity contribution in [3.05, 3.63) is 33.2 Å². The lowest BCUT2D eigenvalue weighted by Gasteiger charge is -1.98. The molecule has 82 valence electrons. The number of nitrogens with zero attached hydrogens (tertiary/aromatic N) is 2. The first kappa shape index (κ1) is 10.3. The highest BCUT2D eigenvalue weighted by atomic mass is 127. The molecular weight excluding hydrogens is 313 g/mol. The lowest BCUT2D eigenvalue weighted by Crippen LogP contribution is -1.88. The predicted octanol–water partition coefficient (Wildman–Crippen LogP) is 3.26. The number of hydrogen-bond acceptors (Lipinski definition) is 2. The van der Waals surface area contributed by atoms with Gasteiger partial charge in [0.2, 0.25) is 0 Å². The maximum absolute atomic E-state index is 4.51. The number of aromatic amines is 1. The summed E-state index contributed by atoms with van der Waals surface area (Å²) in [5.74, 6) is 0.706. The van der Waals surface area contributed by atoms with Crippen LogP contribution in [0, 0.1) is 10.5 Å². The quantitative estimate of drug-likeness (QED) is 0.861. The van der Waals surface area contributed by atoms with E-state index in [1.165, 1.54) is 22.1 Å². The van der Waals surface area contributed by atoms with E-state index < -0.39 is 0 Å². The van der Waals surface area contributed by atoms with Crippen LogP contribution in [0.25, 0.3) is 11.4 Å². The molecule has 1 saturated carbocycles. The molecule has 3 nitrogen and oxygen atoms in total. The van der Waals surface area contributed by atoms with Gasteiger partial charge in [-0.3, -0.25) is 10.1 Å². The van der Waals surface area contributed by atoms with Gasteiger partial charge in [0, 0.05) is 11.6 Å². The van der Waals surface area contributed by atoms with Crippen LogP contribution < -0.4 is 0 Å². The van der Waals surface area contributed by atoms with Gasteiger partial charge in [0.15, 0.2) is 0 Å². The number of nitrogens with one attached hydrogen (secondary N) is 1. The monoisotopic (exact) mass is 325 g/mol. The number of rotatable bonds is 2. The third kappa shape index (κ3) is 1.75. The molecule has 0 saturated heterocycles. The van der Waals surface area contributed by atoms with E-state index in [1.54, 1.807) is 0 Å². The molecule has 0 radical (unpaired) electrons. The van der Waals surface area contributed by atoms with E-state index >= 15 is 0 Å². The van der Waals surface area contributed by atoms with E-state index in [0.29, 0.717) is 5.92 Å². The summed E-state index contributed by atoms with van der Waals surface area (Å²) in [6.45, 7) is 2.00. The smallest absolute Gasteiger partial charge is 0.124 e. The molecule has 1 aliphatic carbocycles. The molecule has 0 spiro atoms. The molecule has 1 fully saturated rings. The lowest BCUT2D eigenvalue weighted by molar-refractivity contribution is 0.961. The van der Waals surface area contributed by atoms with E-state index in [9.17, 15) is 0 Å². The van der Waals surface area contributed by atoms with Crippen LogP contribution in [0.1, 0.15) is 30.1 Å². The van der Waals surface area contributed by atoms with Gasteiger partial charge in [-0.25, -0.2) is 0 Å². The SMILES string of the molecule is Cc1cccc(-c2n[nH]c(C3CC3)c2I)n1. The summed E-state index contributed by atoms with van der Waals surface area (Å²) in [5.41, 5.74) is 4.28. The number of aryl methyl sites for hydroxylation is 1. The minimum atomic E-state index is 0.706. The largest absolute Gasteiger partial charge is 0.280 e. The Labute approximate surface area is 108 Å². The highest BCUT2D eigenvalue weighted by Gasteiger charge is 2.29. The molecule has 1 aliphatic rings. The van der Waals surface area contributed by atoms with Gasteiger partial charge in [0.25, 0.3) is 0 Å². The third-order valence-electron chi connectivity index (χ3n) is 2.85. The molecule has 2 aromatic rings. The Kier molecular flexibility index (Phi) is 2.46. The predicted molar refractivity (Wildman–Crippen MR) is 71.2 cm³/mol. The van der Waals surface area contributed by atoms with Crippen molar-refractivity contribution in [2.45, 2.75) is 25.7 Å². The van der Waals surface area contributed by atoms with Crippen molar-refractivity contribution in [2.75, 3.05) is 0 Å². The van der Waals surface area contributed by atoms with Gasteiger partial charge in [-0.05, 0) is 54.5 Å². The highest BCUT2D eigenvalue weighted by molar-refractivity contribution is 14.1. The van der Waals surface area contributed by atoms with Crippen molar-refractivity contribution in [3.63, 3.8) is 0 Å². The molecule has 4 heteroatoms. The Morgan fingerprint density at radius 1 is 1.38 bits per heavy atom. The zero-order chi connectivity index (χ0) is 11.1. The Morgan fingerprint density at radius 2 is 2.19 bits per heavy atom. The Balaban J connectivity index is 2.06. The average molecular weight is 325 g/mol. The standard InChI is InChI=1S/C12H12IN3/c1-7-3-2-4-9(14-7)12-10(13)11(15-16-12)8-5-6-8/h2-4,8H,5-6H2,1H3,(H,15,16). The number of halogens is 1. The molecule has 2 heterocycles. The fourth-order valence-electron chi connectivity index (χ4n) is 1.83. The molecule has 2 aromatic heterocycles. The summed E-state index contributed by atoms with van der Waals surface area (Å²) in [7, 11) is 0. The van der Waals surface area contributed by atoms with Gasteiger partial charge in [0.05, 0.1) is 15.0 Å². The molecule has 0 atom stereocenters. The van der Waals surface area contributed by atoms with Crippen molar-refractivity contribution in [2.24, 2.45) is 0 Å². The minimum Gasteiger partial charge on any atom is -0.280 e. The maximum atomic E-state index is 4.51. The van der Waals surface area contributed by atoms with Crippen LogP contribution in [-0.2, 0) is 0 Å². The van der Waals surface area contributed by atoms with Gasteiger partial charge in [-0.1, -0.05) is 6.07 Å².